The maximum Gasteiger partial charge on any atom is 0.328 e. The van der Waals surface area contributed by atoms with Gasteiger partial charge >= 0.3 is 5.97 Å². The SMILES string of the molecule is CC(C)(C)N(O)C(=O)/C=C\C(=O)O. The smallest absolute Gasteiger partial charge is 0.328 e. The molecule has 0 saturated heterocycles. The molecule has 0 bridgehead atoms. The van der Waals surface area contributed by atoms with E-state index in [-0.39, 0.29) is 0 Å². The summed E-state index contributed by atoms with van der Waals surface area (Å²) in [7, 11) is 0. The fourth-order valence-corrected chi connectivity index (χ4v) is 0.544. The average Bonchev–Trinajstić information content (AvgIpc) is 1.96. The van der Waals surface area contributed by atoms with E-state index in [1.807, 2.05) is 0 Å². The molecule has 0 aliphatic carbocycles. The molecule has 1 amide bonds. The average molecular weight is 187 g/mol. The number of carbonyl (C=O) groups excluding carboxylic acids is 1. The van der Waals surface area contributed by atoms with Gasteiger partial charge in [-0.3, -0.25) is 10.0 Å². The Morgan fingerprint density at radius 1 is 1.23 bits per heavy atom. The minimum Gasteiger partial charge on any atom is -0.478 e. The molecule has 0 radical (unpaired) electrons. The van der Waals surface area contributed by atoms with Crippen LogP contribution in [0, 0.1) is 0 Å². The normalized spacial score (nSPS) is 11.7. The summed E-state index contributed by atoms with van der Waals surface area (Å²) in [6.45, 7) is 4.87. The Kier molecular flexibility index (Phi) is 3.62. The minimum absolute atomic E-state index is 0.479. The van der Waals surface area contributed by atoms with E-state index in [2.05, 4.69) is 0 Å². The monoisotopic (exact) mass is 187 g/mol. The highest BCUT2D eigenvalue weighted by molar-refractivity contribution is 5.93. The molecule has 0 aliphatic rings. The van der Waals surface area contributed by atoms with E-state index >= 15 is 0 Å². The fourth-order valence-electron chi connectivity index (χ4n) is 0.544. The molecule has 0 fully saturated rings. The lowest BCUT2D eigenvalue weighted by Crippen LogP contribution is -2.42. The van der Waals surface area contributed by atoms with E-state index in [1.165, 1.54) is 0 Å². The molecule has 0 heterocycles. The van der Waals surface area contributed by atoms with E-state index in [0.717, 1.165) is 6.08 Å². The van der Waals surface area contributed by atoms with Crippen LogP contribution in [0.1, 0.15) is 20.8 Å². The number of nitrogens with zero attached hydrogens (tertiary/aromatic N) is 1. The van der Waals surface area contributed by atoms with Gasteiger partial charge < -0.3 is 5.11 Å². The summed E-state index contributed by atoms with van der Waals surface area (Å²) in [6.07, 6.45) is 1.48. The number of hydroxylamine groups is 2. The van der Waals surface area contributed by atoms with Crippen LogP contribution in [-0.2, 0) is 9.59 Å². The van der Waals surface area contributed by atoms with Gasteiger partial charge in [-0.1, -0.05) is 0 Å². The van der Waals surface area contributed by atoms with Crippen molar-refractivity contribution in [3.05, 3.63) is 12.2 Å². The van der Waals surface area contributed by atoms with Gasteiger partial charge in [0.25, 0.3) is 5.91 Å². The molecule has 0 atom stereocenters. The summed E-state index contributed by atoms with van der Waals surface area (Å²) >= 11 is 0. The summed E-state index contributed by atoms with van der Waals surface area (Å²) < 4.78 is 0. The van der Waals surface area contributed by atoms with Crippen LogP contribution < -0.4 is 0 Å². The second-order valence-corrected chi connectivity index (χ2v) is 3.49. The topological polar surface area (TPSA) is 77.8 Å². The number of rotatable bonds is 2. The number of amides is 1. The van der Waals surface area contributed by atoms with Crippen molar-refractivity contribution in [2.24, 2.45) is 0 Å². The van der Waals surface area contributed by atoms with Gasteiger partial charge in [0.2, 0.25) is 0 Å². The van der Waals surface area contributed by atoms with Crippen LogP contribution in [-0.4, -0.2) is 32.8 Å². The van der Waals surface area contributed by atoms with Crippen LogP contribution in [0.25, 0.3) is 0 Å². The lowest BCUT2D eigenvalue weighted by molar-refractivity contribution is -0.180. The molecule has 5 nitrogen and oxygen atoms in total. The van der Waals surface area contributed by atoms with E-state index in [1.54, 1.807) is 20.8 Å². The zero-order chi connectivity index (χ0) is 10.6. The lowest BCUT2D eigenvalue weighted by Gasteiger charge is -2.28. The van der Waals surface area contributed by atoms with Crippen molar-refractivity contribution in [3.8, 4) is 0 Å². The Morgan fingerprint density at radius 2 is 1.69 bits per heavy atom. The third-order valence-electron chi connectivity index (χ3n) is 1.21. The van der Waals surface area contributed by atoms with E-state index in [4.69, 9.17) is 5.11 Å². The van der Waals surface area contributed by atoms with E-state index in [0.29, 0.717) is 11.1 Å². The van der Waals surface area contributed by atoms with Crippen LogP contribution in [0.4, 0.5) is 0 Å². The maximum absolute atomic E-state index is 11.0. The summed E-state index contributed by atoms with van der Waals surface area (Å²) in [6, 6.07) is 0. The molecule has 13 heavy (non-hydrogen) atoms. The van der Waals surface area contributed by atoms with Gasteiger partial charge in [0.05, 0.1) is 5.54 Å². The maximum atomic E-state index is 11.0. The Bertz CT molecular complexity index is 239. The first kappa shape index (κ1) is 11.6. The quantitative estimate of drug-likeness (QED) is 0.378. The molecule has 0 aromatic heterocycles. The van der Waals surface area contributed by atoms with Crippen LogP contribution in [0.2, 0.25) is 0 Å². The summed E-state index contributed by atoms with van der Waals surface area (Å²) in [5, 5.41) is 17.9. The Labute approximate surface area is 76.2 Å². The van der Waals surface area contributed by atoms with Gasteiger partial charge in [0.15, 0.2) is 0 Å². The van der Waals surface area contributed by atoms with Crippen molar-refractivity contribution in [2.45, 2.75) is 26.3 Å². The predicted molar refractivity (Wildman–Crippen MR) is 45.2 cm³/mol. The fraction of sp³-hybridized carbons (Fsp3) is 0.500. The highest BCUT2D eigenvalue weighted by atomic mass is 16.5. The first-order chi connectivity index (χ1) is 5.75. The van der Waals surface area contributed by atoms with Crippen molar-refractivity contribution >= 4 is 11.9 Å². The van der Waals surface area contributed by atoms with Crippen LogP contribution >= 0.6 is 0 Å². The van der Waals surface area contributed by atoms with Crippen LogP contribution in [0.15, 0.2) is 12.2 Å². The number of aliphatic carboxylic acids is 1. The second kappa shape index (κ2) is 4.04. The number of hydrogen-bond donors (Lipinski definition) is 2. The summed E-state index contributed by atoms with van der Waals surface area (Å²) in [5.74, 6) is -1.98. The Morgan fingerprint density at radius 3 is 2.00 bits per heavy atom. The van der Waals surface area contributed by atoms with Gasteiger partial charge in [0.1, 0.15) is 0 Å². The number of carbonyl (C=O) groups is 2. The van der Waals surface area contributed by atoms with E-state index < -0.39 is 17.4 Å². The predicted octanol–water partition coefficient (Wildman–Crippen LogP) is 0.643. The van der Waals surface area contributed by atoms with Crippen molar-refractivity contribution in [1.29, 1.82) is 0 Å². The second-order valence-electron chi connectivity index (χ2n) is 3.49. The highest BCUT2D eigenvalue weighted by Crippen LogP contribution is 2.10. The van der Waals surface area contributed by atoms with Gasteiger partial charge in [-0.15, -0.1) is 0 Å². The molecular formula is C8H13NO4. The van der Waals surface area contributed by atoms with Gasteiger partial charge in [-0.25, -0.2) is 9.86 Å². The number of hydrogen-bond acceptors (Lipinski definition) is 3. The third-order valence-corrected chi connectivity index (χ3v) is 1.21. The largest absolute Gasteiger partial charge is 0.478 e. The highest BCUT2D eigenvalue weighted by Gasteiger charge is 2.22. The standard InChI is InChI=1S/C8H13NO4/c1-8(2,3)9(13)6(10)4-5-7(11)12/h4-5,13H,1-3H3,(H,11,12)/b5-4-. The molecule has 5 heteroatoms. The number of carboxylic acid groups (broad SMARTS) is 1. The zero-order valence-electron chi connectivity index (χ0n) is 7.81. The lowest BCUT2D eigenvalue weighted by atomic mass is 10.1. The molecule has 0 spiro atoms. The van der Waals surface area contributed by atoms with E-state index in [9.17, 15) is 14.8 Å². The van der Waals surface area contributed by atoms with Gasteiger partial charge in [-0.05, 0) is 20.8 Å². The molecule has 0 aromatic carbocycles. The first-order valence-electron chi connectivity index (χ1n) is 3.69. The molecule has 0 unspecified atom stereocenters. The molecule has 0 rings (SSSR count). The molecule has 0 saturated carbocycles. The Hall–Kier alpha value is -1.36. The van der Waals surface area contributed by atoms with Crippen LogP contribution in [0.5, 0.6) is 0 Å². The molecular weight excluding hydrogens is 174 g/mol. The summed E-state index contributed by atoms with van der Waals surface area (Å²) in [4.78, 5) is 21.1. The molecule has 74 valence electrons. The minimum atomic E-state index is -1.23. The van der Waals surface area contributed by atoms with Crippen LogP contribution in [0.3, 0.4) is 0 Å². The molecule has 0 aliphatic heterocycles. The zero-order valence-corrected chi connectivity index (χ0v) is 7.81. The van der Waals surface area contributed by atoms with Crippen molar-refractivity contribution in [2.75, 3.05) is 0 Å². The van der Waals surface area contributed by atoms with Gasteiger partial charge in [0, 0.05) is 12.2 Å². The van der Waals surface area contributed by atoms with Gasteiger partial charge in [-0.2, -0.15) is 0 Å². The first-order valence-corrected chi connectivity index (χ1v) is 3.69. The van der Waals surface area contributed by atoms with Crippen molar-refractivity contribution in [1.82, 2.24) is 5.06 Å². The molecule has 2 N–H and O–H groups in total. The third kappa shape index (κ3) is 4.27. The van der Waals surface area contributed by atoms with Crippen molar-refractivity contribution < 1.29 is 19.9 Å². The van der Waals surface area contributed by atoms with Crippen molar-refractivity contribution in [3.63, 3.8) is 0 Å². The molecule has 0 aromatic rings. The Balaban J connectivity index is 4.37. The summed E-state index contributed by atoms with van der Waals surface area (Å²) in [5.41, 5.74) is -0.736. The number of carboxylic acids is 1.